The minimum absolute atomic E-state index is 0.114. The molecule has 0 aliphatic carbocycles. The van der Waals surface area contributed by atoms with Gasteiger partial charge in [-0.1, -0.05) is 13.8 Å². The van der Waals surface area contributed by atoms with Crippen molar-refractivity contribution in [2.24, 2.45) is 0 Å². The highest BCUT2D eigenvalue weighted by Crippen LogP contribution is 2.31. The molecule has 1 atom stereocenters. The first-order chi connectivity index (χ1) is 9.55. The van der Waals surface area contributed by atoms with Crippen LogP contribution in [0.25, 0.3) is 0 Å². The first kappa shape index (κ1) is 13.9. The number of aromatic nitrogens is 2. The average Bonchev–Trinajstić information content (AvgIpc) is 2.81. The molecule has 6 heteroatoms. The highest BCUT2D eigenvalue weighted by Gasteiger charge is 2.32. The molecule has 1 aromatic rings. The number of H-pyrrole nitrogens is 1. The second kappa shape index (κ2) is 5.41. The molecule has 0 aromatic carbocycles. The fourth-order valence-corrected chi connectivity index (χ4v) is 3.90. The second-order valence-corrected chi connectivity index (χ2v) is 7.95. The van der Waals surface area contributed by atoms with Crippen LogP contribution in [0, 0.1) is 0 Å². The van der Waals surface area contributed by atoms with Crippen molar-refractivity contribution >= 4 is 17.7 Å². The van der Waals surface area contributed by atoms with Gasteiger partial charge in [-0.3, -0.25) is 10.1 Å². The van der Waals surface area contributed by atoms with Crippen molar-refractivity contribution in [1.82, 2.24) is 20.2 Å². The van der Waals surface area contributed by atoms with Gasteiger partial charge in [0.25, 0.3) is 0 Å². The number of amides is 1. The van der Waals surface area contributed by atoms with Gasteiger partial charge in [0.2, 0.25) is 5.91 Å². The van der Waals surface area contributed by atoms with Crippen molar-refractivity contribution in [3.05, 3.63) is 17.7 Å². The average molecular weight is 294 g/mol. The van der Waals surface area contributed by atoms with Gasteiger partial charge in [0.05, 0.1) is 23.8 Å². The van der Waals surface area contributed by atoms with Crippen molar-refractivity contribution in [2.45, 2.75) is 44.0 Å². The number of hydrogen-bond donors (Lipinski definition) is 2. The Labute approximate surface area is 123 Å². The molecule has 1 aromatic heterocycles. The number of carbonyl (C=O) groups is 1. The van der Waals surface area contributed by atoms with Crippen LogP contribution in [-0.2, 0) is 17.8 Å². The zero-order valence-corrected chi connectivity index (χ0v) is 12.9. The molecule has 1 unspecified atom stereocenters. The molecule has 3 rings (SSSR count). The summed E-state index contributed by atoms with van der Waals surface area (Å²) in [5, 5.41) is 3.33. The number of thioether (sulfide) groups is 1. The molecule has 1 saturated heterocycles. The van der Waals surface area contributed by atoms with Crippen LogP contribution in [0.3, 0.4) is 0 Å². The van der Waals surface area contributed by atoms with E-state index >= 15 is 0 Å². The van der Waals surface area contributed by atoms with Crippen LogP contribution in [0.4, 0.5) is 0 Å². The number of nitrogens with zero attached hydrogens (tertiary/aromatic N) is 2. The van der Waals surface area contributed by atoms with Crippen LogP contribution in [0.2, 0.25) is 0 Å². The number of imidazole rings is 1. The Bertz CT molecular complexity index is 499. The predicted molar refractivity (Wildman–Crippen MR) is 80.7 cm³/mol. The molecular weight excluding hydrogens is 272 g/mol. The van der Waals surface area contributed by atoms with Crippen LogP contribution < -0.4 is 5.32 Å². The molecule has 5 nitrogen and oxygen atoms in total. The van der Waals surface area contributed by atoms with Crippen LogP contribution in [0.1, 0.15) is 31.7 Å². The molecule has 3 heterocycles. The molecule has 1 fully saturated rings. The molecular formula is C14H22N4OS. The number of carbonyl (C=O) groups excluding carboxylic acids is 1. The summed E-state index contributed by atoms with van der Waals surface area (Å²) in [5.41, 5.74) is 2.15. The minimum Gasteiger partial charge on any atom is -0.347 e. The molecule has 0 radical (unpaired) electrons. The van der Waals surface area contributed by atoms with Crippen molar-refractivity contribution in [3.63, 3.8) is 0 Å². The summed E-state index contributed by atoms with van der Waals surface area (Å²) in [6, 6.07) is -0.114. The van der Waals surface area contributed by atoms with Crippen LogP contribution in [-0.4, -0.2) is 50.4 Å². The van der Waals surface area contributed by atoms with Crippen molar-refractivity contribution in [2.75, 3.05) is 18.8 Å². The Hall–Kier alpha value is -1.01. The molecule has 20 heavy (non-hydrogen) atoms. The maximum Gasteiger partial charge on any atom is 0.240 e. The van der Waals surface area contributed by atoms with Crippen molar-refractivity contribution in [1.29, 1.82) is 0 Å². The minimum atomic E-state index is -0.114. The summed E-state index contributed by atoms with van der Waals surface area (Å²) in [4.78, 5) is 22.1. The third-order valence-electron chi connectivity index (χ3n) is 4.18. The second-order valence-electron chi connectivity index (χ2n) is 6.15. The lowest BCUT2D eigenvalue weighted by Crippen LogP contribution is -2.50. The lowest BCUT2D eigenvalue weighted by molar-refractivity contribution is -0.133. The van der Waals surface area contributed by atoms with Crippen LogP contribution in [0.15, 0.2) is 6.33 Å². The van der Waals surface area contributed by atoms with E-state index in [1.54, 1.807) is 6.33 Å². The summed E-state index contributed by atoms with van der Waals surface area (Å²) in [6.45, 7) is 6.96. The SMILES string of the molecule is CC1(C)CCN(C(=O)C2Cc3nc[nH]c3CN2)CCS1. The van der Waals surface area contributed by atoms with E-state index in [9.17, 15) is 4.79 Å². The van der Waals surface area contributed by atoms with E-state index in [0.29, 0.717) is 13.0 Å². The van der Waals surface area contributed by atoms with Crippen LogP contribution in [0.5, 0.6) is 0 Å². The molecule has 1 amide bonds. The molecule has 2 aliphatic rings. The third-order valence-corrected chi connectivity index (χ3v) is 5.55. The fourth-order valence-electron chi connectivity index (χ4n) is 2.80. The van der Waals surface area contributed by atoms with Crippen molar-refractivity contribution < 1.29 is 4.79 Å². The maximum absolute atomic E-state index is 12.7. The largest absolute Gasteiger partial charge is 0.347 e. The molecule has 0 bridgehead atoms. The number of rotatable bonds is 1. The Balaban J connectivity index is 1.65. The summed E-state index contributed by atoms with van der Waals surface area (Å²) in [6.07, 6.45) is 3.47. The van der Waals surface area contributed by atoms with Gasteiger partial charge in [-0.05, 0) is 6.42 Å². The topological polar surface area (TPSA) is 61.0 Å². The summed E-state index contributed by atoms with van der Waals surface area (Å²) >= 11 is 1.97. The van der Waals surface area contributed by atoms with E-state index in [4.69, 9.17) is 0 Å². The molecule has 0 spiro atoms. The van der Waals surface area contributed by atoms with Gasteiger partial charge < -0.3 is 9.88 Å². The van der Waals surface area contributed by atoms with Crippen LogP contribution >= 0.6 is 11.8 Å². The zero-order valence-electron chi connectivity index (χ0n) is 12.1. The van der Waals surface area contributed by atoms with E-state index in [-0.39, 0.29) is 16.7 Å². The molecule has 110 valence electrons. The maximum atomic E-state index is 12.7. The van der Waals surface area contributed by atoms with Gasteiger partial charge >= 0.3 is 0 Å². The zero-order chi connectivity index (χ0) is 14.2. The first-order valence-electron chi connectivity index (χ1n) is 7.22. The number of hydrogen-bond acceptors (Lipinski definition) is 4. The third kappa shape index (κ3) is 2.86. The molecule has 2 aliphatic heterocycles. The summed E-state index contributed by atoms with van der Waals surface area (Å²) < 4.78 is 0.282. The lowest BCUT2D eigenvalue weighted by Gasteiger charge is -2.29. The van der Waals surface area contributed by atoms with E-state index < -0.39 is 0 Å². The molecule has 0 saturated carbocycles. The Morgan fingerprint density at radius 3 is 3.20 bits per heavy atom. The highest BCUT2D eigenvalue weighted by molar-refractivity contribution is 8.00. The van der Waals surface area contributed by atoms with Gasteiger partial charge in [0.15, 0.2) is 0 Å². The van der Waals surface area contributed by atoms with Gasteiger partial charge in [-0.2, -0.15) is 11.8 Å². The van der Waals surface area contributed by atoms with Gasteiger partial charge in [0.1, 0.15) is 0 Å². The Morgan fingerprint density at radius 2 is 2.35 bits per heavy atom. The summed E-state index contributed by atoms with van der Waals surface area (Å²) in [5.74, 6) is 1.26. The number of nitrogens with one attached hydrogen (secondary N) is 2. The van der Waals surface area contributed by atoms with Gasteiger partial charge in [-0.25, -0.2) is 4.98 Å². The monoisotopic (exact) mass is 294 g/mol. The fraction of sp³-hybridized carbons (Fsp3) is 0.714. The Morgan fingerprint density at radius 1 is 1.50 bits per heavy atom. The van der Waals surface area contributed by atoms with Gasteiger partial charge in [0, 0.05) is 36.6 Å². The highest BCUT2D eigenvalue weighted by atomic mass is 32.2. The number of fused-ring (bicyclic) bond motifs is 1. The van der Waals surface area contributed by atoms with E-state index in [0.717, 1.165) is 36.7 Å². The lowest BCUT2D eigenvalue weighted by atomic mass is 10.0. The standard InChI is InChI=1S/C14H22N4OS/c1-14(2)3-4-18(5-6-20-14)13(19)11-7-10-12(8-15-11)17-9-16-10/h9,11,15H,3-8H2,1-2H3,(H,16,17). The van der Waals surface area contributed by atoms with Gasteiger partial charge in [-0.15, -0.1) is 0 Å². The summed E-state index contributed by atoms with van der Waals surface area (Å²) in [7, 11) is 0. The van der Waals surface area contributed by atoms with E-state index in [1.165, 1.54) is 0 Å². The normalized spacial score (nSPS) is 25.9. The smallest absolute Gasteiger partial charge is 0.240 e. The van der Waals surface area contributed by atoms with Crippen molar-refractivity contribution in [3.8, 4) is 0 Å². The quantitative estimate of drug-likeness (QED) is 0.816. The molecule has 2 N–H and O–H groups in total. The van der Waals surface area contributed by atoms with E-state index in [1.807, 2.05) is 16.7 Å². The van der Waals surface area contributed by atoms with E-state index in [2.05, 4.69) is 29.1 Å². The first-order valence-corrected chi connectivity index (χ1v) is 8.21. The predicted octanol–water partition coefficient (Wildman–Crippen LogP) is 1.17. The number of aromatic amines is 1. The Kier molecular flexibility index (Phi) is 3.77.